The van der Waals surface area contributed by atoms with Crippen LogP contribution in [0.5, 0.6) is 0 Å². The van der Waals surface area contributed by atoms with Gasteiger partial charge in [0, 0.05) is 30.9 Å². The van der Waals surface area contributed by atoms with Gasteiger partial charge in [-0.2, -0.15) is 0 Å². The molecule has 1 aliphatic carbocycles. The molecule has 0 radical (unpaired) electrons. The molecule has 2 aliphatic heterocycles. The topological polar surface area (TPSA) is 24.4 Å². The van der Waals surface area contributed by atoms with Crippen LogP contribution in [0, 0.1) is 23.7 Å². The van der Waals surface area contributed by atoms with Crippen molar-refractivity contribution >= 4 is 6.21 Å². The van der Waals surface area contributed by atoms with Crippen LogP contribution in [0.1, 0.15) is 26.7 Å². The number of hydrogen-bond acceptors (Lipinski definition) is 2. The van der Waals surface area contributed by atoms with E-state index in [-0.39, 0.29) is 0 Å². The third-order valence-electron chi connectivity index (χ3n) is 4.77. The molecule has 3 rings (SSSR count). The van der Waals surface area contributed by atoms with E-state index in [1.54, 1.807) is 5.57 Å². The molecule has 102 valence electrons. The van der Waals surface area contributed by atoms with Crippen molar-refractivity contribution in [3.63, 3.8) is 0 Å². The number of piperidine rings is 1. The van der Waals surface area contributed by atoms with Crippen molar-refractivity contribution in [2.75, 3.05) is 13.1 Å². The number of aliphatic imine (C=N–C) groups is 1. The molecular weight excluding hydrogens is 232 g/mol. The Labute approximate surface area is 116 Å². The van der Waals surface area contributed by atoms with E-state index in [1.807, 2.05) is 0 Å². The molecule has 19 heavy (non-hydrogen) atoms. The van der Waals surface area contributed by atoms with E-state index < -0.39 is 0 Å². The van der Waals surface area contributed by atoms with Crippen LogP contribution >= 0.6 is 0 Å². The maximum atomic E-state index is 4.37. The zero-order valence-electron chi connectivity index (χ0n) is 12.0. The summed E-state index contributed by atoms with van der Waals surface area (Å²) in [4.78, 5) is 4.37. The van der Waals surface area contributed by atoms with Gasteiger partial charge in [0.25, 0.3) is 0 Å². The first-order chi connectivity index (χ1) is 9.24. The van der Waals surface area contributed by atoms with Gasteiger partial charge in [-0.3, -0.25) is 4.99 Å². The van der Waals surface area contributed by atoms with Crippen LogP contribution in [-0.2, 0) is 0 Å². The summed E-state index contributed by atoms with van der Waals surface area (Å²) in [6.45, 7) is 6.73. The van der Waals surface area contributed by atoms with E-state index in [1.165, 1.54) is 18.5 Å². The number of nitrogens with one attached hydrogen (secondary N) is 1. The second-order valence-corrected chi connectivity index (χ2v) is 6.20. The quantitative estimate of drug-likeness (QED) is 0.823. The van der Waals surface area contributed by atoms with Crippen LogP contribution in [0.3, 0.4) is 0 Å². The molecule has 4 unspecified atom stereocenters. The van der Waals surface area contributed by atoms with Crippen LogP contribution in [0.25, 0.3) is 0 Å². The summed E-state index contributed by atoms with van der Waals surface area (Å²) >= 11 is 0. The van der Waals surface area contributed by atoms with Gasteiger partial charge in [0.05, 0.1) is 0 Å². The van der Waals surface area contributed by atoms with E-state index in [0.717, 1.165) is 19.0 Å². The fourth-order valence-corrected chi connectivity index (χ4v) is 3.61. The van der Waals surface area contributed by atoms with Gasteiger partial charge in [0.1, 0.15) is 0 Å². The second-order valence-electron chi connectivity index (χ2n) is 6.20. The fraction of sp³-hybridized carbons (Fsp3) is 0.588. The molecule has 0 aromatic carbocycles. The van der Waals surface area contributed by atoms with Crippen LogP contribution in [0.15, 0.2) is 40.6 Å². The first kappa shape index (κ1) is 12.9. The summed E-state index contributed by atoms with van der Waals surface area (Å²) < 4.78 is 0. The molecule has 0 aromatic heterocycles. The number of nitrogens with zero attached hydrogens (tertiary/aromatic N) is 1. The van der Waals surface area contributed by atoms with Gasteiger partial charge < -0.3 is 5.32 Å². The van der Waals surface area contributed by atoms with Crippen molar-refractivity contribution < 1.29 is 0 Å². The Morgan fingerprint density at radius 1 is 1.32 bits per heavy atom. The Morgan fingerprint density at radius 3 is 3.00 bits per heavy atom. The van der Waals surface area contributed by atoms with Crippen LogP contribution in [0.4, 0.5) is 0 Å². The summed E-state index contributed by atoms with van der Waals surface area (Å²) in [6, 6.07) is 0. The minimum atomic E-state index is 0.567. The Morgan fingerprint density at radius 2 is 2.21 bits per heavy atom. The first-order valence-electron chi connectivity index (χ1n) is 7.55. The zero-order valence-corrected chi connectivity index (χ0v) is 12.0. The predicted octanol–water partition coefficient (Wildman–Crippen LogP) is 3.34. The molecule has 3 aliphatic rings. The predicted molar refractivity (Wildman–Crippen MR) is 81.2 cm³/mol. The number of hydrogen-bond donors (Lipinski definition) is 1. The van der Waals surface area contributed by atoms with E-state index in [9.17, 15) is 0 Å². The van der Waals surface area contributed by atoms with Crippen LogP contribution in [-0.4, -0.2) is 19.3 Å². The monoisotopic (exact) mass is 256 g/mol. The molecule has 0 bridgehead atoms. The molecule has 1 N–H and O–H groups in total. The maximum Gasteiger partial charge on any atom is 0.0335 e. The number of allylic oxidation sites excluding steroid dienone is 5. The smallest absolute Gasteiger partial charge is 0.0335 e. The summed E-state index contributed by atoms with van der Waals surface area (Å²) in [5.74, 6) is 2.69. The third kappa shape index (κ3) is 2.74. The second kappa shape index (κ2) is 5.46. The minimum absolute atomic E-state index is 0.567. The summed E-state index contributed by atoms with van der Waals surface area (Å²) in [7, 11) is 0. The summed E-state index contributed by atoms with van der Waals surface area (Å²) in [5, 5.41) is 3.62. The van der Waals surface area contributed by atoms with Gasteiger partial charge in [-0.15, -0.1) is 0 Å². The average molecular weight is 256 g/mol. The lowest BCUT2D eigenvalue weighted by molar-refractivity contribution is 0.320. The largest absolute Gasteiger partial charge is 0.316 e. The van der Waals surface area contributed by atoms with Gasteiger partial charge in [-0.05, 0) is 37.5 Å². The van der Waals surface area contributed by atoms with E-state index in [4.69, 9.17) is 0 Å². The molecule has 0 spiro atoms. The average Bonchev–Trinajstić information content (AvgIpc) is 2.83. The van der Waals surface area contributed by atoms with Crippen molar-refractivity contribution in [3.05, 3.63) is 35.6 Å². The molecule has 2 nitrogen and oxygen atoms in total. The highest BCUT2D eigenvalue weighted by molar-refractivity contribution is 5.68. The molecule has 0 aromatic rings. The molecular formula is C17H24N2. The Bertz CT molecular complexity index is 456. The highest BCUT2D eigenvalue weighted by Gasteiger charge is 2.31. The lowest BCUT2D eigenvalue weighted by Crippen LogP contribution is -2.41. The van der Waals surface area contributed by atoms with Gasteiger partial charge in [0.2, 0.25) is 0 Å². The van der Waals surface area contributed by atoms with E-state index in [2.05, 4.69) is 54.7 Å². The van der Waals surface area contributed by atoms with Gasteiger partial charge in [0.15, 0.2) is 0 Å². The highest BCUT2D eigenvalue weighted by Crippen LogP contribution is 2.36. The molecule has 2 heteroatoms. The van der Waals surface area contributed by atoms with Gasteiger partial charge in [-0.1, -0.05) is 36.8 Å². The molecule has 4 atom stereocenters. The summed E-state index contributed by atoms with van der Waals surface area (Å²) in [5.41, 5.74) is 2.86. The number of rotatable bonds is 3. The Hall–Kier alpha value is -1.15. The standard InChI is InChI=1S/C17H24N2/c1-12-4-3-5-16-15(10-18-11-17(12)16)7-6-14-8-13(2)19-9-14/h3-5,8-9,12,14-15,17-18H,6-7,10-11H2,1-2H3. The van der Waals surface area contributed by atoms with Gasteiger partial charge >= 0.3 is 0 Å². The van der Waals surface area contributed by atoms with Crippen molar-refractivity contribution in [2.24, 2.45) is 28.7 Å². The van der Waals surface area contributed by atoms with Crippen molar-refractivity contribution in [3.8, 4) is 0 Å². The molecule has 0 saturated carbocycles. The van der Waals surface area contributed by atoms with E-state index in [0.29, 0.717) is 17.8 Å². The first-order valence-corrected chi connectivity index (χ1v) is 7.55. The fourth-order valence-electron chi connectivity index (χ4n) is 3.61. The lowest BCUT2D eigenvalue weighted by Gasteiger charge is -2.37. The number of fused-ring (bicyclic) bond motifs is 1. The summed E-state index contributed by atoms with van der Waals surface area (Å²) in [6.07, 6.45) is 13.9. The third-order valence-corrected chi connectivity index (χ3v) is 4.77. The zero-order chi connectivity index (χ0) is 13.2. The van der Waals surface area contributed by atoms with Gasteiger partial charge in [-0.25, -0.2) is 0 Å². The molecule has 1 fully saturated rings. The van der Waals surface area contributed by atoms with Crippen molar-refractivity contribution in [1.29, 1.82) is 0 Å². The molecule has 1 saturated heterocycles. The van der Waals surface area contributed by atoms with E-state index >= 15 is 0 Å². The Kier molecular flexibility index (Phi) is 3.69. The lowest BCUT2D eigenvalue weighted by atomic mass is 9.73. The van der Waals surface area contributed by atoms with Crippen molar-refractivity contribution in [1.82, 2.24) is 5.32 Å². The van der Waals surface area contributed by atoms with Crippen LogP contribution in [0.2, 0.25) is 0 Å². The maximum absolute atomic E-state index is 4.37. The van der Waals surface area contributed by atoms with Crippen LogP contribution < -0.4 is 5.32 Å². The Balaban J connectivity index is 1.63. The minimum Gasteiger partial charge on any atom is -0.316 e. The molecule has 2 heterocycles. The highest BCUT2D eigenvalue weighted by atomic mass is 14.9. The SMILES string of the molecule is CC1=CC(CCC2CNCC3C2=CC=CC3C)C=N1. The normalized spacial score (nSPS) is 36.9. The van der Waals surface area contributed by atoms with Crippen molar-refractivity contribution in [2.45, 2.75) is 26.7 Å². The molecule has 0 amide bonds.